The van der Waals surface area contributed by atoms with E-state index in [4.69, 9.17) is 23.8 Å². The van der Waals surface area contributed by atoms with E-state index >= 15 is 0 Å². The zero-order chi connectivity index (χ0) is 29.0. The minimum atomic E-state index is -3.88. The van der Waals surface area contributed by atoms with Crippen LogP contribution in [0.3, 0.4) is 0 Å². The van der Waals surface area contributed by atoms with E-state index < -0.39 is 27.2 Å². The number of nitrogens with two attached hydrogens (primary N) is 1. The number of nitrogens with zero attached hydrogens (tertiary/aromatic N) is 1. The first kappa shape index (κ1) is 28.8. The molecular formula is C30H29FN2O7S. The Morgan fingerprint density at radius 2 is 1.73 bits per heavy atom. The number of carbonyl (C=O) groups is 1. The number of primary sulfonamides is 1. The third kappa shape index (κ3) is 6.45. The lowest BCUT2D eigenvalue weighted by atomic mass is 9.85. The second kappa shape index (κ2) is 12.0. The van der Waals surface area contributed by atoms with Gasteiger partial charge in [0.2, 0.25) is 15.8 Å². The van der Waals surface area contributed by atoms with E-state index in [0.29, 0.717) is 54.0 Å². The minimum absolute atomic E-state index is 0.0130. The van der Waals surface area contributed by atoms with Gasteiger partial charge in [-0.3, -0.25) is 4.79 Å². The highest BCUT2D eigenvalue weighted by Crippen LogP contribution is 2.37. The van der Waals surface area contributed by atoms with Gasteiger partial charge in [0.1, 0.15) is 18.1 Å². The van der Waals surface area contributed by atoms with Gasteiger partial charge in [0.05, 0.1) is 17.1 Å². The van der Waals surface area contributed by atoms with Crippen LogP contribution in [0.2, 0.25) is 0 Å². The van der Waals surface area contributed by atoms with Crippen LogP contribution in [0.25, 0.3) is 22.6 Å². The van der Waals surface area contributed by atoms with Gasteiger partial charge in [-0.25, -0.2) is 22.9 Å². The average molecular weight is 581 g/mol. The average Bonchev–Trinajstić information content (AvgIpc) is 3.43. The van der Waals surface area contributed by atoms with Crippen LogP contribution >= 0.6 is 0 Å². The van der Waals surface area contributed by atoms with Gasteiger partial charge in [0, 0.05) is 44.3 Å². The first-order valence-electron chi connectivity index (χ1n) is 12.9. The maximum Gasteiger partial charge on any atom is 0.266 e. The summed E-state index contributed by atoms with van der Waals surface area (Å²) in [4.78, 5) is 17.4. The summed E-state index contributed by atoms with van der Waals surface area (Å²) in [5.41, 5.74) is 2.24. The Morgan fingerprint density at radius 3 is 2.39 bits per heavy atom. The molecule has 0 aliphatic carbocycles. The molecule has 4 aromatic rings. The number of sulfonamides is 1. The summed E-state index contributed by atoms with van der Waals surface area (Å²) in [5, 5.41) is 5.21. The van der Waals surface area contributed by atoms with E-state index in [1.54, 1.807) is 7.11 Å². The number of rotatable bonds is 10. The number of benzene rings is 3. The fourth-order valence-electron chi connectivity index (χ4n) is 4.85. The summed E-state index contributed by atoms with van der Waals surface area (Å²) in [6.07, 6.45) is 1.21. The molecule has 1 saturated heterocycles. The molecule has 0 saturated carbocycles. The largest absolute Gasteiger partial charge is 0.433 e. The van der Waals surface area contributed by atoms with Gasteiger partial charge in [-0.2, -0.15) is 0 Å². The van der Waals surface area contributed by atoms with E-state index in [1.807, 2.05) is 36.4 Å². The van der Waals surface area contributed by atoms with Crippen LogP contribution in [0.15, 0.2) is 82.1 Å². The SMILES string of the molecule is COC1(c2cc(F)cc(COCC(=O)c3nc(-c4ccccc4)c(-c4ccc(S(N)(=O)=O)cc4)o3)c2)CCOCC1. The molecule has 0 spiro atoms. The molecule has 0 unspecified atom stereocenters. The molecule has 1 fully saturated rings. The number of Topliss-reactive ketones (excluding diaryl/α,β-unsaturated/α-hetero) is 1. The van der Waals surface area contributed by atoms with Crippen molar-refractivity contribution in [3.05, 3.63) is 95.6 Å². The van der Waals surface area contributed by atoms with Crippen LogP contribution in [0.1, 0.15) is 34.7 Å². The van der Waals surface area contributed by atoms with Crippen molar-refractivity contribution in [3.8, 4) is 22.6 Å². The smallest absolute Gasteiger partial charge is 0.266 e. The summed E-state index contributed by atoms with van der Waals surface area (Å²) in [6.45, 7) is 0.669. The molecule has 3 aromatic carbocycles. The van der Waals surface area contributed by atoms with E-state index in [0.717, 1.165) is 0 Å². The van der Waals surface area contributed by atoms with E-state index in [9.17, 15) is 17.6 Å². The van der Waals surface area contributed by atoms with Crippen LogP contribution in [0.4, 0.5) is 4.39 Å². The molecule has 5 rings (SSSR count). The van der Waals surface area contributed by atoms with Crippen LogP contribution in [0, 0.1) is 5.82 Å². The van der Waals surface area contributed by atoms with Gasteiger partial charge in [0.25, 0.3) is 5.89 Å². The molecule has 0 atom stereocenters. The van der Waals surface area contributed by atoms with Gasteiger partial charge < -0.3 is 18.6 Å². The molecule has 41 heavy (non-hydrogen) atoms. The highest BCUT2D eigenvalue weighted by molar-refractivity contribution is 7.89. The third-order valence-corrected chi connectivity index (χ3v) is 7.96. The van der Waals surface area contributed by atoms with Crippen molar-refractivity contribution in [2.45, 2.75) is 29.9 Å². The number of ketones is 1. The second-order valence-electron chi connectivity index (χ2n) is 9.71. The van der Waals surface area contributed by atoms with Crippen molar-refractivity contribution in [2.75, 3.05) is 26.9 Å². The highest BCUT2D eigenvalue weighted by Gasteiger charge is 2.35. The Bertz CT molecular complexity index is 1630. The van der Waals surface area contributed by atoms with Crippen LogP contribution in [0.5, 0.6) is 0 Å². The molecule has 1 aliphatic heterocycles. The number of aromatic nitrogens is 1. The lowest BCUT2D eigenvalue weighted by molar-refractivity contribution is -0.0950. The fourth-order valence-corrected chi connectivity index (χ4v) is 5.37. The van der Waals surface area contributed by atoms with Gasteiger partial charge in [-0.05, 0) is 47.5 Å². The maximum atomic E-state index is 14.5. The van der Waals surface area contributed by atoms with Gasteiger partial charge >= 0.3 is 0 Å². The predicted octanol–water partition coefficient (Wildman–Crippen LogP) is 4.85. The summed E-state index contributed by atoms with van der Waals surface area (Å²) >= 11 is 0. The summed E-state index contributed by atoms with van der Waals surface area (Å²) in [6, 6.07) is 19.5. The molecular weight excluding hydrogens is 551 g/mol. The van der Waals surface area contributed by atoms with Gasteiger partial charge in [-0.15, -0.1) is 0 Å². The molecule has 214 valence electrons. The number of halogens is 1. The molecule has 0 radical (unpaired) electrons. The zero-order valence-corrected chi connectivity index (χ0v) is 23.2. The number of carbonyl (C=O) groups excluding carboxylic acids is 1. The summed E-state index contributed by atoms with van der Waals surface area (Å²) < 4.78 is 60.6. The number of ether oxygens (including phenoxy) is 3. The van der Waals surface area contributed by atoms with Crippen LogP contribution in [-0.2, 0) is 36.4 Å². The molecule has 2 N–H and O–H groups in total. The topological polar surface area (TPSA) is 131 Å². The number of hydrogen-bond donors (Lipinski definition) is 1. The fraction of sp³-hybridized carbons (Fsp3) is 0.267. The monoisotopic (exact) mass is 580 g/mol. The van der Waals surface area contributed by atoms with Crippen molar-refractivity contribution in [2.24, 2.45) is 5.14 Å². The molecule has 1 aromatic heterocycles. The van der Waals surface area contributed by atoms with Crippen molar-refractivity contribution in [3.63, 3.8) is 0 Å². The molecule has 1 aliphatic rings. The number of hydrogen-bond acceptors (Lipinski definition) is 8. The molecule has 2 heterocycles. The first-order chi connectivity index (χ1) is 19.7. The van der Waals surface area contributed by atoms with Crippen molar-refractivity contribution < 1.29 is 36.2 Å². The minimum Gasteiger partial charge on any atom is -0.433 e. The Morgan fingerprint density at radius 1 is 1.02 bits per heavy atom. The van der Waals surface area contributed by atoms with Crippen molar-refractivity contribution >= 4 is 15.8 Å². The number of methoxy groups -OCH3 is 1. The van der Waals surface area contributed by atoms with E-state index in [2.05, 4.69) is 4.98 Å². The quantitative estimate of drug-likeness (QED) is 0.264. The molecule has 0 bridgehead atoms. The predicted molar refractivity (Wildman–Crippen MR) is 148 cm³/mol. The normalized spacial score (nSPS) is 15.1. The third-order valence-electron chi connectivity index (χ3n) is 7.03. The Hall–Kier alpha value is -3.74. The second-order valence-corrected chi connectivity index (χ2v) is 11.3. The molecule has 0 amide bonds. The summed E-state index contributed by atoms with van der Waals surface area (Å²) in [7, 11) is -2.27. The van der Waals surface area contributed by atoms with Crippen LogP contribution < -0.4 is 5.14 Å². The van der Waals surface area contributed by atoms with Crippen molar-refractivity contribution in [1.29, 1.82) is 0 Å². The maximum absolute atomic E-state index is 14.5. The van der Waals surface area contributed by atoms with E-state index in [-0.39, 0.29) is 29.8 Å². The Kier molecular flexibility index (Phi) is 8.43. The molecule has 9 nitrogen and oxygen atoms in total. The number of oxazole rings is 1. The van der Waals surface area contributed by atoms with E-state index in [1.165, 1.54) is 36.4 Å². The molecule has 11 heteroatoms. The highest BCUT2D eigenvalue weighted by atomic mass is 32.2. The van der Waals surface area contributed by atoms with Crippen LogP contribution in [-0.4, -0.2) is 46.1 Å². The summed E-state index contributed by atoms with van der Waals surface area (Å²) in [5.74, 6) is -0.816. The van der Waals surface area contributed by atoms with Crippen molar-refractivity contribution in [1.82, 2.24) is 4.98 Å². The Balaban J connectivity index is 1.35. The van der Waals surface area contributed by atoms with Gasteiger partial charge in [0.15, 0.2) is 5.76 Å². The van der Waals surface area contributed by atoms with Gasteiger partial charge in [-0.1, -0.05) is 36.4 Å². The lowest BCUT2D eigenvalue weighted by Gasteiger charge is -2.36. The standard InChI is InChI=1S/C30H29FN2O7S/c1-37-30(11-13-38-14-12-30)23-15-20(16-24(31)17-23)18-39-19-26(34)29-33-27(21-5-3-2-4-6-21)28(40-29)22-7-9-25(10-8-22)41(32,35)36/h2-10,15-17H,11-14,18-19H2,1H3,(H2,32,35,36). The lowest BCUT2D eigenvalue weighted by Crippen LogP contribution is -2.35. The Labute approximate surface area is 237 Å². The zero-order valence-electron chi connectivity index (χ0n) is 22.3. The first-order valence-corrected chi connectivity index (χ1v) is 14.5.